The van der Waals surface area contributed by atoms with Gasteiger partial charge in [-0.25, -0.2) is 0 Å². The first-order valence-corrected chi connectivity index (χ1v) is 8.85. The third-order valence-corrected chi connectivity index (χ3v) is 5.03. The van der Waals surface area contributed by atoms with Gasteiger partial charge in [0, 0.05) is 36.9 Å². The first-order chi connectivity index (χ1) is 10.8. The molecule has 23 heavy (non-hydrogen) atoms. The number of nitrogens with zero attached hydrogens (tertiary/aromatic N) is 3. The van der Waals surface area contributed by atoms with E-state index in [-0.39, 0.29) is 11.9 Å². The van der Waals surface area contributed by atoms with Gasteiger partial charge in [0.15, 0.2) is 0 Å². The summed E-state index contributed by atoms with van der Waals surface area (Å²) in [4.78, 5) is 14.6. The van der Waals surface area contributed by atoms with Crippen LogP contribution in [0.5, 0.6) is 0 Å². The van der Waals surface area contributed by atoms with Gasteiger partial charge in [-0.05, 0) is 45.4 Å². The number of aromatic nitrogens is 2. The molecule has 1 aliphatic rings. The Hall–Kier alpha value is -1.36. The first kappa shape index (κ1) is 18.0. The molecule has 1 saturated heterocycles. The molecule has 2 rings (SSSR count). The Kier molecular flexibility index (Phi) is 5.84. The fourth-order valence-electron chi connectivity index (χ4n) is 3.45. The predicted molar refractivity (Wildman–Crippen MR) is 93.2 cm³/mol. The number of rotatable bonds is 5. The van der Waals surface area contributed by atoms with E-state index in [2.05, 4.69) is 32.8 Å². The summed E-state index contributed by atoms with van der Waals surface area (Å²) < 4.78 is 2.05. The molecule has 0 spiro atoms. The normalized spacial score (nSPS) is 17.8. The third-order valence-electron chi connectivity index (χ3n) is 5.03. The van der Waals surface area contributed by atoms with Crippen LogP contribution in [0.1, 0.15) is 50.6 Å². The highest BCUT2D eigenvalue weighted by Gasteiger charge is 2.26. The summed E-state index contributed by atoms with van der Waals surface area (Å²) in [5, 5.41) is 4.61. The van der Waals surface area contributed by atoms with E-state index in [1.165, 1.54) is 0 Å². The van der Waals surface area contributed by atoms with E-state index in [1.807, 2.05) is 16.5 Å². The molecular weight excluding hydrogens is 288 g/mol. The molecule has 1 aliphatic heterocycles. The second-order valence-electron chi connectivity index (χ2n) is 7.48. The number of hydrogen-bond acceptors (Lipinski definition) is 3. The summed E-state index contributed by atoms with van der Waals surface area (Å²) in [5.41, 5.74) is 9.20. The average molecular weight is 320 g/mol. The number of amides is 1. The zero-order chi connectivity index (χ0) is 17.1. The quantitative estimate of drug-likeness (QED) is 0.905. The van der Waals surface area contributed by atoms with Crippen molar-refractivity contribution in [1.82, 2.24) is 14.7 Å². The number of hydrogen-bond donors (Lipinski definition) is 1. The maximum absolute atomic E-state index is 12.6. The molecule has 1 aromatic rings. The summed E-state index contributed by atoms with van der Waals surface area (Å²) >= 11 is 0. The Bertz CT molecular complexity index is 539. The molecule has 1 aromatic heterocycles. The van der Waals surface area contributed by atoms with Crippen LogP contribution < -0.4 is 5.73 Å². The van der Waals surface area contributed by atoms with Crippen molar-refractivity contribution in [2.24, 2.45) is 17.6 Å². The Morgan fingerprint density at radius 2 is 1.87 bits per heavy atom. The number of aryl methyl sites for hydroxylation is 1. The van der Waals surface area contributed by atoms with Gasteiger partial charge in [0.1, 0.15) is 0 Å². The molecule has 1 fully saturated rings. The van der Waals surface area contributed by atoms with Crippen molar-refractivity contribution in [1.29, 1.82) is 0 Å². The van der Waals surface area contributed by atoms with Crippen molar-refractivity contribution in [2.75, 3.05) is 13.1 Å². The lowest BCUT2D eigenvalue weighted by molar-refractivity contribution is -0.131. The molecule has 0 aliphatic carbocycles. The van der Waals surface area contributed by atoms with Gasteiger partial charge in [0.2, 0.25) is 5.91 Å². The van der Waals surface area contributed by atoms with Crippen molar-refractivity contribution >= 4 is 5.91 Å². The van der Waals surface area contributed by atoms with Crippen LogP contribution in [0.2, 0.25) is 0 Å². The lowest BCUT2D eigenvalue weighted by Gasteiger charge is -2.33. The van der Waals surface area contributed by atoms with E-state index >= 15 is 0 Å². The second kappa shape index (κ2) is 7.47. The standard InChI is InChI=1S/C18H32N4O/c1-12(2)11-22-15(5)17(14(4)20-22)10-18(23)21-8-6-16(7-9-21)13(3)19/h12-13,16H,6-11,19H2,1-5H3. The number of carbonyl (C=O) groups excluding carboxylic acids is 1. The topological polar surface area (TPSA) is 64.2 Å². The van der Waals surface area contributed by atoms with Gasteiger partial charge in [-0.2, -0.15) is 5.10 Å². The van der Waals surface area contributed by atoms with Gasteiger partial charge in [-0.15, -0.1) is 0 Å². The molecule has 1 atom stereocenters. The van der Waals surface area contributed by atoms with Crippen LogP contribution >= 0.6 is 0 Å². The largest absolute Gasteiger partial charge is 0.342 e. The highest BCUT2D eigenvalue weighted by molar-refractivity contribution is 5.79. The lowest BCUT2D eigenvalue weighted by Crippen LogP contribution is -2.43. The minimum atomic E-state index is 0.225. The van der Waals surface area contributed by atoms with Gasteiger partial charge in [0.25, 0.3) is 0 Å². The Balaban J connectivity index is 2.00. The highest BCUT2D eigenvalue weighted by Crippen LogP contribution is 2.21. The van der Waals surface area contributed by atoms with E-state index in [0.717, 1.165) is 49.4 Å². The predicted octanol–water partition coefficient (Wildman–Crippen LogP) is 2.28. The second-order valence-corrected chi connectivity index (χ2v) is 7.48. The molecule has 0 aromatic carbocycles. The summed E-state index contributed by atoms with van der Waals surface area (Å²) in [6, 6.07) is 0.228. The molecule has 2 N–H and O–H groups in total. The molecule has 130 valence electrons. The van der Waals surface area contributed by atoms with Crippen LogP contribution in [0.25, 0.3) is 0 Å². The van der Waals surface area contributed by atoms with E-state index in [4.69, 9.17) is 5.73 Å². The summed E-state index contributed by atoms with van der Waals surface area (Å²) in [6.07, 6.45) is 2.51. The molecule has 0 bridgehead atoms. The Morgan fingerprint density at radius 1 is 1.26 bits per heavy atom. The summed E-state index contributed by atoms with van der Waals surface area (Å²) in [6.45, 7) is 13.1. The number of piperidine rings is 1. The van der Waals surface area contributed by atoms with E-state index in [9.17, 15) is 4.79 Å². The zero-order valence-corrected chi connectivity index (χ0v) is 15.3. The van der Waals surface area contributed by atoms with Crippen LogP contribution in [0.4, 0.5) is 0 Å². The van der Waals surface area contributed by atoms with E-state index in [0.29, 0.717) is 18.3 Å². The van der Waals surface area contributed by atoms with Crippen molar-refractivity contribution < 1.29 is 4.79 Å². The average Bonchev–Trinajstić information content (AvgIpc) is 2.74. The molecule has 5 heteroatoms. The molecule has 2 heterocycles. The third kappa shape index (κ3) is 4.34. The minimum absolute atomic E-state index is 0.225. The molecular formula is C18H32N4O. The van der Waals surface area contributed by atoms with Crippen LogP contribution in [0, 0.1) is 25.7 Å². The van der Waals surface area contributed by atoms with Gasteiger partial charge in [-0.3, -0.25) is 9.48 Å². The fourth-order valence-corrected chi connectivity index (χ4v) is 3.45. The lowest BCUT2D eigenvalue weighted by atomic mass is 9.90. The van der Waals surface area contributed by atoms with Crippen LogP contribution in [0.15, 0.2) is 0 Å². The highest BCUT2D eigenvalue weighted by atomic mass is 16.2. The molecule has 1 unspecified atom stereocenters. The van der Waals surface area contributed by atoms with E-state index < -0.39 is 0 Å². The Morgan fingerprint density at radius 3 is 2.39 bits per heavy atom. The Labute approximate surface area is 140 Å². The van der Waals surface area contributed by atoms with Crippen LogP contribution in [0.3, 0.4) is 0 Å². The fraction of sp³-hybridized carbons (Fsp3) is 0.778. The van der Waals surface area contributed by atoms with Gasteiger partial charge >= 0.3 is 0 Å². The number of nitrogens with two attached hydrogens (primary N) is 1. The van der Waals surface area contributed by atoms with Crippen molar-refractivity contribution in [3.05, 3.63) is 17.0 Å². The molecule has 0 saturated carbocycles. The number of likely N-dealkylation sites (tertiary alicyclic amines) is 1. The molecule has 5 nitrogen and oxygen atoms in total. The number of carbonyl (C=O) groups is 1. The zero-order valence-electron chi connectivity index (χ0n) is 15.3. The maximum Gasteiger partial charge on any atom is 0.227 e. The van der Waals surface area contributed by atoms with Gasteiger partial charge in [-0.1, -0.05) is 13.8 Å². The molecule has 1 amide bonds. The molecule has 0 radical (unpaired) electrons. The van der Waals surface area contributed by atoms with Gasteiger partial charge in [0.05, 0.1) is 12.1 Å². The van der Waals surface area contributed by atoms with Crippen molar-refractivity contribution in [2.45, 2.75) is 66.5 Å². The smallest absolute Gasteiger partial charge is 0.227 e. The van der Waals surface area contributed by atoms with Gasteiger partial charge < -0.3 is 10.6 Å². The van der Waals surface area contributed by atoms with Crippen LogP contribution in [-0.4, -0.2) is 39.7 Å². The van der Waals surface area contributed by atoms with E-state index in [1.54, 1.807) is 0 Å². The minimum Gasteiger partial charge on any atom is -0.342 e. The van der Waals surface area contributed by atoms with Crippen molar-refractivity contribution in [3.63, 3.8) is 0 Å². The summed E-state index contributed by atoms with van der Waals surface area (Å²) in [7, 11) is 0. The maximum atomic E-state index is 12.6. The van der Waals surface area contributed by atoms with Crippen LogP contribution in [-0.2, 0) is 17.8 Å². The van der Waals surface area contributed by atoms with Crippen molar-refractivity contribution in [3.8, 4) is 0 Å². The first-order valence-electron chi connectivity index (χ1n) is 8.85. The SMILES string of the molecule is Cc1nn(CC(C)C)c(C)c1CC(=O)N1CCC(C(C)N)CC1. The monoisotopic (exact) mass is 320 g/mol. The summed E-state index contributed by atoms with van der Waals surface area (Å²) in [5.74, 6) is 1.33.